The molecule has 90 valence electrons. The largest absolute Gasteiger partial charge is 0.374 e. The summed E-state index contributed by atoms with van der Waals surface area (Å²) < 4.78 is 5.75. The Morgan fingerprint density at radius 3 is 2.80 bits per heavy atom. The van der Waals surface area contributed by atoms with Crippen molar-refractivity contribution in [2.75, 3.05) is 19.0 Å². The van der Waals surface area contributed by atoms with Gasteiger partial charge in [0.05, 0.1) is 12.2 Å². The van der Waals surface area contributed by atoms with Crippen LogP contribution in [0.25, 0.3) is 0 Å². The minimum atomic E-state index is 0.438. The maximum atomic E-state index is 5.75. The molecule has 3 unspecified atom stereocenters. The first kappa shape index (κ1) is 13.3. The summed E-state index contributed by atoms with van der Waals surface area (Å²) in [6, 6.07) is 0. The Bertz CT molecular complexity index is 162. The molecule has 1 heterocycles. The van der Waals surface area contributed by atoms with Gasteiger partial charge in [-0.15, -0.1) is 11.6 Å². The monoisotopic (exact) mass is 233 g/mol. The lowest BCUT2D eigenvalue weighted by Gasteiger charge is -2.17. The van der Waals surface area contributed by atoms with Crippen LogP contribution in [0.1, 0.15) is 39.5 Å². The minimum absolute atomic E-state index is 0.438. The highest BCUT2D eigenvalue weighted by Crippen LogP contribution is 2.18. The number of nitrogens with one attached hydrogen (secondary N) is 1. The molecule has 0 saturated carbocycles. The number of ether oxygens (including phenoxy) is 1. The number of hydrogen-bond donors (Lipinski definition) is 1. The normalized spacial score (nSPS) is 28.2. The van der Waals surface area contributed by atoms with E-state index in [2.05, 4.69) is 19.2 Å². The van der Waals surface area contributed by atoms with Gasteiger partial charge in [0.15, 0.2) is 0 Å². The number of alkyl halides is 1. The molecule has 0 spiro atoms. The average molecular weight is 234 g/mol. The highest BCUT2D eigenvalue weighted by molar-refractivity contribution is 6.17. The zero-order valence-corrected chi connectivity index (χ0v) is 10.7. The van der Waals surface area contributed by atoms with Crippen LogP contribution in [0.3, 0.4) is 0 Å². The molecule has 1 aliphatic rings. The van der Waals surface area contributed by atoms with Gasteiger partial charge in [-0.1, -0.05) is 13.3 Å². The molecule has 1 rings (SSSR count). The predicted octanol–water partition coefficient (Wildman–Crippen LogP) is 2.80. The summed E-state index contributed by atoms with van der Waals surface area (Å²) in [4.78, 5) is 0. The molecule has 1 N–H and O–H groups in total. The molecule has 15 heavy (non-hydrogen) atoms. The van der Waals surface area contributed by atoms with Crippen molar-refractivity contribution in [3.8, 4) is 0 Å². The molecule has 0 amide bonds. The van der Waals surface area contributed by atoms with E-state index in [9.17, 15) is 0 Å². The molecule has 0 aromatic carbocycles. The van der Waals surface area contributed by atoms with Gasteiger partial charge in [0, 0.05) is 12.4 Å². The minimum Gasteiger partial charge on any atom is -0.374 e. The van der Waals surface area contributed by atoms with Crippen LogP contribution in [-0.4, -0.2) is 31.2 Å². The summed E-state index contributed by atoms with van der Waals surface area (Å²) in [5.41, 5.74) is 0. The molecule has 1 saturated heterocycles. The van der Waals surface area contributed by atoms with E-state index in [1.54, 1.807) is 0 Å². The van der Waals surface area contributed by atoms with Crippen molar-refractivity contribution in [2.45, 2.75) is 51.7 Å². The fourth-order valence-corrected chi connectivity index (χ4v) is 2.40. The van der Waals surface area contributed by atoms with Crippen LogP contribution in [0.2, 0.25) is 0 Å². The Kier molecular flexibility index (Phi) is 6.62. The zero-order valence-electron chi connectivity index (χ0n) is 9.97. The van der Waals surface area contributed by atoms with Crippen molar-refractivity contribution < 1.29 is 4.74 Å². The molecule has 1 aliphatic heterocycles. The molecule has 0 aromatic rings. The molecular formula is C12H24ClNO. The van der Waals surface area contributed by atoms with Crippen molar-refractivity contribution in [3.05, 3.63) is 0 Å². The van der Waals surface area contributed by atoms with Gasteiger partial charge in [0.25, 0.3) is 0 Å². The first-order valence-corrected chi connectivity index (χ1v) is 6.71. The smallest absolute Gasteiger partial charge is 0.0704 e. The second-order valence-corrected chi connectivity index (χ2v) is 4.93. The Morgan fingerprint density at radius 1 is 1.47 bits per heavy atom. The molecule has 3 atom stereocenters. The van der Waals surface area contributed by atoms with E-state index in [0.29, 0.717) is 12.2 Å². The van der Waals surface area contributed by atoms with Gasteiger partial charge < -0.3 is 10.1 Å². The average Bonchev–Trinajstić information content (AvgIpc) is 2.63. The summed E-state index contributed by atoms with van der Waals surface area (Å²) in [7, 11) is 0. The standard InChI is InChI=1S/C12H24ClNO/c1-3-11(6-7-13)8-14-9-12-5-4-10(2)15-12/h10-12,14H,3-9H2,1-2H3. The first-order valence-electron chi connectivity index (χ1n) is 6.18. The van der Waals surface area contributed by atoms with Gasteiger partial charge in [-0.3, -0.25) is 0 Å². The first-order chi connectivity index (χ1) is 7.26. The van der Waals surface area contributed by atoms with Crippen LogP contribution in [0.4, 0.5) is 0 Å². The van der Waals surface area contributed by atoms with E-state index in [0.717, 1.165) is 31.3 Å². The van der Waals surface area contributed by atoms with Gasteiger partial charge in [0.2, 0.25) is 0 Å². The third-order valence-electron chi connectivity index (χ3n) is 3.22. The van der Waals surface area contributed by atoms with E-state index < -0.39 is 0 Å². The summed E-state index contributed by atoms with van der Waals surface area (Å²) in [5.74, 6) is 1.50. The Hall–Kier alpha value is 0.210. The fraction of sp³-hybridized carbons (Fsp3) is 1.00. The topological polar surface area (TPSA) is 21.3 Å². The van der Waals surface area contributed by atoms with Gasteiger partial charge in [-0.25, -0.2) is 0 Å². The Morgan fingerprint density at radius 2 is 2.27 bits per heavy atom. The summed E-state index contributed by atoms with van der Waals surface area (Å²) >= 11 is 5.75. The van der Waals surface area contributed by atoms with Gasteiger partial charge in [-0.2, -0.15) is 0 Å². The van der Waals surface area contributed by atoms with E-state index in [1.807, 2.05) is 0 Å². The zero-order chi connectivity index (χ0) is 11.1. The van der Waals surface area contributed by atoms with E-state index in [-0.39, 0.29) is 0 Å². The van der Waals surface area contributed by atoms with Gasteiger partial charge in [0.1, 0.15) is 0 Å². The van der Waals surface area contributed by atoms with Crippen LogP contribution in [-0.2, 0) is 4.74 Å². The highest BCUT2D eigenvalue weighted by Gasteiger charge is 2.21. The molecule has 3 heteroatoms. The maximum Gasteiger partial charge on any atom is 0.0704 e. The van der Waals surface area contributed by atoms with Gasteiger partial charge in [-0.05, 0) is 38.6 Å². The maximum absolute atomic E-state index is 5.75. The lowest BCUT2D eigenvalue weighted by atomic mass is 10.0. The number of rotatable bonds is 7. The predicted molar refractivity (Wildman–Crippen MR) is 65.6 cm³/mol. The summed E-state index contributed by atoms with van der Waals surface area (Å²) in [6.45, 7) is 6.47. The molecular weight excluding hydrogens is 210 g/mol. The van der Waals surface area contributed by atoms with Crippen molar-refractivity contribution in [2.24, 2.45) is 5.92 Å². The fourth-order valence-electron chi connectivity index (χ4n) is 2.09. The van der Waals surface area contributed by atoms with Crippen LogP contribution >= 0.6 is 11.6 Å². The van der Waals surface area contributed by atoms with E-state index >= 15 is 0 Å². The quantitative estimate of drug-likeness (QED) is 0.683. The van der Waals surface area contributed by atoms with Gasteiger partial charge >= 0.3 is 0 Å². The van der Waals surface area contributed by atoms with Crippen molar-refractivity contribution in [1.29, 1.82) is 0 Å². The SMILES string of the molecule is CCC(CCCl)CNCC1CCC(C)O1. The van der Waals surface area contributed by atoms with Crippen LogP contribution in [0.15, 0.2) is 0 Å². The summed E-state index contributed by atoms with van der Waals surface area (Å²) in [5, 5.41) is 3.50. The summed E-state index contributed by atoms with van der Waals surface area (Å²) in [6.07, 6.45) is 5.65. The third-order valence-corrected chi connectivity index (χ3v) is 3.44. The van der Waals surface area contributed by atoms with Crippen LogP contribution < -0.4 is 5.32 Å². The van der Waals surface area contributed by atoms with Crippen molar-refractivity contribution in [3.63, 3.8) is 0 Å². The van der Waals surface area contributed by atoms with Crippen molar-refractivity contribution in [1.82, 2.24) is 5.32 Å². The third kappa shape index (κ3) is 5.19. The molecule has 0 bridgehead atoms. The highest BCUT2D eigenvalue weighted by atomic mass is 35.5. The Balaban J connectivity index is 2.04. The van der Waals surface area contributed by atoms with Crippen LogP contribution in [0, 0.1) is 5.92 Å². The second kappa shape index (κ2) is 7.48. The number of halogens is 1. The van der Waals surface area contributed by atoms with Crippen molar-refractivity contribution >= 4 is 11.6 Å². The lowest BCUT2D eigenvalue weighted by Crippen LogP contribution is -2.31. The molecule has 2 nitrogen and oxygen atoms in total. The second-order valence-electron chi connectivity index (χ2n) is 4.56. The molecule has 0 aliphatic carbocycles. The number of hydrogen-bond acceptors (Lipinski definition) is 2. The van der Waals surface area contributed by atoms with E-state index in [4.69, 9.17) is 16.3 Å². The lowest BCUT2D eigenvalue weighted by molar-refractivity contribution is 0.0555. The molecule has 0 aromatic heterocycles. The molecule has 1 fully saturated rings. The van der Waals surface area contributed by atoms with E-state index in [1.165, 1.54) is 19.3 Å². The molecule has 0 radical (unpaired) electrons. The Labute approximate surface area is 98.7 Å². The van der Waals surface area contributed by atoms with Crippen LogP contribution in [0.5, 0.6) is 0 Å².